The second-order valence-corrected chi connectivity index (χ2v) is 8.27. The number of hydrogen-bond donors (Lipinski definition) is 2. The Labute approximate surface area is 164 Å². The van der Waals surface area contributed by atoms with E-state index in [9.17, 15) is 13.2 Å². The van der Waals surface area contributed by atoms with E-state index in [1.807, 2.05) is 44.2 Å². The summed E-state index contributed by atoms with van der Waals surface area (Å²) < 4.78 is 25.2. The molecule has 0 aliphatic heterocycles. The third-order valence-electron chi connectivity index (χ3n) is 4.74. The predicted molar refractivity (Wildman–Crippen MR) is 108 cm³/mol. The minimum Gasteiger partial charge on any atom is -0.322 e. The number of aryl methyl sites for hydroxylation is 2. The van der Waals surface area contributed by atoms with Gasteiger partial charge in [0.05, 0.1) is 27.5 Å². The normalized spacial score (nSPS) is 11.5. The highest BCUT2D eigenvalue weighted by molar-refractivity contribution is 7.89. The van der Waals surface area contributed by atoms with Gasteiger partial charge in [-0.1, -0.05) is 18.2 Å². The molecular weight excluding hydrogens is 376 g/mol. The summed E-state index contributed by atoms with van der Waals surface area (Å²) in [6.45, 7) is 7.16. The molecular formula is C20H22N4O3S. The summed E-state index contributed by atoms with van der Waals surface area (Å²) in [6, 6.07) is 12.4. The molecule has 0 bridgehead atoms. The Bertz CT molecular complexity index is 1170. The van der Waals surface area contributed by atoms with E-state index in [0.717, 1.165) is 16.8 Å². The quantitative estimate of drug-likeness (QED) is 0.704. The van der Waals surface area contributed by atoms with Crippen LogP contribution in [0.1, 0.15) is 32.9 Å². The molecule has 7 nitrogen and oxygen atoms in total. The maximum absolute atomic E-state index is 13.0. The van der Waals surface area contributed by atoms with E-state index >= 15 is 0 Å². The first-order chi connectivity index (χ1) is 13.1. The number of amides is 1. The molecule has 0 saturated carbocycles. The molecule has 1 aromatic heterocycles. The van der Waals surface area contributed by atoms with Crippen molar-refractivity contribution in [3.63, 3.8) is 0 Å². The highest BCUT2D eigenvalue weighted by atomic mass is 32.2. The number of anilines is 1. The Hall–Kier alpha value is -2.97. The number of nitrogens with one attached hydrogen (secondary N) is 1. The largest absolute Gasteiger partial charge is 0.322 e. The minimum absolute atomic E-state index is 0.0423. The Balaban J connectivity index is 2.01. The van der Waals surface area contributed by atoms with Gasteiger partial charge in [-0.2, -0.15) is 5.10 Å². The summed E-state index contributed by atoms with van der Waals surface area (Å²) in [7, 11) is -3.88. The van der Waals surface area contributed by atoms with Crippen molar-refractivity contribution < 1.29 is 13.2 Å². The van der Waals surface area contributed by atoms with E-state index in [-0.39, 0.29) is 10.8 Å². The zero-order valence-corrected chi connectivity index (χ0v) is 17.0. The fourth-order valence-electron chi connectivity index (χ4n) is 3.10. The first kappa shape index (κ1) is 19.8. The third kappa shape index (κ3) is 3.69. The molecule has 1 heterocycles. The average Bonchev–Trinajstić information content (AvgIpc) is 2.93. The predicted octanol–water partition coefficient (Wildman–Crippen LogP) is 3.01. The van der Waals surface area contributed by atoms with E-state index in [0.29, 0.717) is 22.6 Å². The van der Waals surface area contributed by atoms with Crippen molar-refractivity contribution in [2.45, 2.75) is 32.6 Å². The maximum atomic E-state index is 13.0. The Morgan fingerprint density at radius 1 is 1.07 bits per heavy atom. The highest BCUT2D eigenvalue weighted by Gasteiger charge is 2.21. The average molecular weight is 398 g/mol. The maximum Gasteiger partial charge on any atom is 0.259 e. The van der Waals surface area contributed by atoms with Gasteiger partial charge in [0.1, 0.15) is 0 Å². The van der Waals surface area contributed by atoms with Crippen molar-refractivity contribution in [1.82, 2.24) is 9.78 Å². The van der Waals surface area contributed by atoms with Crippen LogP contribution in [0.4, 0.5) is 5.69 Å². The van der Waals surface area contributed by atoms with Crippen molar-refractivity contribution in [1.29, 1.82) is 0 Å². The monoisotopic (exact) mass is 398 g/mol. The van der Waals surface area contributed by atoms with Gasteiger partial charge in [-0.3, -0.25) is 4.79 Å². The molecule has 8 heteroatoms. The molecule has 28 heavy (non-hydrogen) atoms. The van der Waals surface area contributed by atoms with Gasteiger partial charge < -0.3 is 5.32 Å². The SMILES string of the molecule is Cc1cc(S(N)(=O)=O)cc(NC(=O)c2c(C)nn(-c3ccccc3)c2C)c1C. The molecule has 2 aromatic carbocycles. The molecule has 1 amide bonds. The van der Waals surface area contributed by atoms with E-state index < -0.39 is 10.0 Å². The number of rotatable bonds is 4. The lowest BCUT2D eigenvalue weighted by Crippen LogP contribution is -2.17. The highest BCUT2D eigenvalue weighted by Crippen LogP contribution is 2.25. The summed E-state index contributed by atoms with van der Waals surface area (Å²) >= 11 is 0. The van der Waals surface area contributed by atoms with Crippen LogP contribution in [0.3, 0.4) is 0 Å². The fourth-order valence-corrected chi connectivity index (χ4v) is 3.72. The number of primary sulfonamides is 1. The van der Waals surface area contributed by atoms with Crippen molar-refractivity contribution in [2.24, 2.45) is 5.14 Å². The van der Waals surface area contributed by atoms with Crippen LogP contribution < -0.4 is 10.5 Å². The van der Waals surface area contributed by atoms with E-state index in [2.05, 4.69) is 10.4 Å². The summed E-state index contributed by atoms with van der Waals surface area (Å²) in [5.74, 6) is -0.355. The zero-order valence-electron chi connectivity index (χ0n) is 16.1. The number of aromatic nitrogens is 2. The molecule has 0 atom stereocenters. The van der Waals surface area contributed by atoms with Crippen LogP contribution in [0.2, 0.25) is 0 Å². The van der Waals surface area contributed by atoms with Gasteiger partial charge in [0.2, 0.25) is 10.0 Å². The van der Waals surface area contributed by atoms with Crippen LogP contribution in [0.15, 0.2) is 47.4 Å². The summed E-state index contributed by atoms with van der Waals surface area (Å²) in [6.07, 6.45) is 0. The molecule has 146 valence electrons. The lowest BCUT2D eigenvalue weighted by molar-refractivity contribution is 0.102. The van der Waals surface area contributed by atoms with Crippen LogP contribution in [0, 0.1) is 27.7 Å². The van der Waals surface area contributed by atoms with Gasteiger partial charge >= 0.3 is 0 Å². The topological polar surface area (TPSA) is 107 Å². The van der Waals surface area contributed by atoms with Crippen LogP contribution in [0.25, 0.3) is 5.69 Å². The van der Waals surface area contributed by atoms with Crippen molar-refractivity contribution in [3.05, 3.63) is 70.5 Å². The van der Waals surface area contributed by atoms with Gasteiger partial charge in [-0.05, 0) is 63.1 Å². The van der Waals surface area contributed by atoms with Crippen molar-refractivity contribution >= 4 is 21.6 Å². The summed E-state index contributed by atoms with van der Waals surface area (Å²) in [5, 5.41) is 12.5. The first-order valence-electron chi connectivity index (χ1n) is 8.66. The molecule has 3 N–H and O–H groups in total. The summed E-state index contributed by atoms with van der Waals surface area (Å²) in [4.78, 5) is 12.9. The number of para-hydroxylation sites is 1. The molecule has 0 aliphatic carbocycles. The molecule has 0 unspecified atom stereocenters. The van der Waals surface area contributed by atoms with E-state index in [1.54, 1.807) is 18.5 Å². The summed E-state index contributed by atoms with van der Waals surface area (Å²) in [5.41, 5.74) is 4.46. The molecule has 0 saturated heterocycles. The second kappa shape index (κ2) is 7.21. The molecule has 0 aliphatic rings. The number of hydrogen-bond acceptors (Lipinski definition) is 4. The standard InChI is InChI=1S/C20H22N4O3S/c1-12-10-17(28(21,26)27)11-18(13(12)2)22-20(25)19-14(3)23-24(15(19)4)16-8-6-5-7-9-16/h5-11H,1-4H3,(H,22,25)(H2,21,26,27). The van der Waals surface area contributed by atoms with Crippen molar-refractivity contribution in [2.75, 3.05) is 5.32 Å². The Morgan fingerprint density at radius 2 is 1.71 bits per heavy atom. The second-order valence-electron chi connectivity index (χ2n) is 6.71. The zero-order chi connectivity index (χ0) is 20.6. The van der Waals surface area contributed by atoms with Gasteiger partial charge in [-0.25, -0.2) is 18.2 Å². The lowest BCUT2D eigenvalue weighted by Gasteiger charge is -2.13. The van der Waals surface area contributed by atoms with Gasteiger partial charge in [-0.15, -0.1) is 0 Å². The first-order valence-corrected chi connectivity index (χ1v) is 10.2. The number of nitrogens with zero attached hydrogens (tertiary/aromatic N) is 2. The number of sulfonamides is 1. The van der Waals surface area contributed by atoms with Crippen LogP contribution in [0.5, 0.6) is 0 Å². The molecule has 3 aromatic rings. The lowest BCUT2D eigenvalue weighted by atomic mass is 10.1. The number of benzene rings is 2. The van der Waals surface area contributed by atoms with Gasteiger partial charge in [0.15, 0.2) is 0 Å². The van der Waals surface area contributed by atoms with Gasteiger partial charge in [0.25, 0.3) is 5.91 Å². The Kier molecular flexibility index (Phi) is 5.10. The van der Waals surface area contributed by atoms with Crippen LogP contribution in [-0.2, 0) is 10.0 Å². The molecule has 0 spiro atoms. The third-order valence-corrected chi connectivity index (χ3v) is 5.63. The fraction of sp³-hybridized carbons (Fsp3) is 0.200. The molecule has 0 radical (unpaired) electrons. The van der Waals surface area contributed by atoms with Gasteiger partial charge in [0, 0.05) is 5.69 Å². The number of carbonyl (C=O) groups is 1. The number of carbonyl (C=O) groups excluding carboxylic acids is 1. The van der Waals surface area contributed by atoms with Crippen LogP contribution in [-0.4, -0.2) is 24.1 Å². The number of nitrogens with two attached hydrogens (primary N) is 1. The molecule has 0 fully saturated rings. The van der Waals surface area contributed by atoms with E-state index in [1.165, 1.54) is 12.1 Å². The van der Waals surface area contributed by atoms with Crippen LogP contribution >= 0.6 is 0 Å². The minimum atomic E-state index is -3.88. The smallest absolute Gasteiger partial charge is 0.259 e. The molecule has 3 rings (SSSR count). The Morgan fingerprint density at radius 3 is 2.32 bits per heavy atom. The van der Waals surface area contributed by atoms with E-state index in [4.69, 9.17) is 5.14 Å². The van der Waals surface area contributed by atoms with Crippen molar-refractivity contribution in [3.8, 4) is 5.69 Å².